The Morgan fingerprint density at radius 1 is 1.07 bits per heavy atom. The second-order valence-corrected chi connectivity index (χ2v) is 17.0. The molecule has 5 unspecified atom stereocenters. The molecule has 328 valence electrons. The lowest BCUT2D eigenvalue weighted by molar-refractivity contribution is -0.296. The zero-order valence-corrected chi connectivity index (χ0v) is 36.0. The maximum Gasteiger partial charge on any atom is 0.416 e. The number of fused-ring (bicyclic) bond motifs is 5. The predicted molar refractivity (Wildman–Crippen MR) is 213 cm³/mol. The number of hydrogen-bond acceptors (Lipinski definition) is 11. The van der Waals surface area contributed by atoms with Gasteiger partial charge < -0.3 is 38.8 Å². The molecule has 3 aliphatic heterocycles. The Bertz CT molecular complexity index is 1780. The highest BCUT2D eigenvalue weighted by molar-refractivity contribution is 6.00. The number of alkyl halides is 3. The summed E-state index contributed by atoms with van der Waals surface area (Å²) in [5.74, 6) is 0.148. The van der Waals surface area contributed by atoms with E-state index in [2.05, 4.69) is 16.8 Å². The molecule has 3 fully saturated rings. The quantitative estimate of drug-likeness (QED) is 0.223. The molecule has 15 heteroatoms. The number of nitrogens with zero attached hydrogens (tertiary/aromatic N) is 2. The Labute approximate surface area is 345 Å². The summed E-state index contributed by atoms with van der Waals surface area (Å²) < 4.78 is 71.9. The van der Waals surface area contributed by atoms with Crippen LogP contribution in [0.4, 0.5) is 13.2 Å². The molecular formula is C44H61F3N2O10. The van der Waals surface area contributed by atoms with Crippen LogP contribution in [0.3, 0.4) is 0 Å². The molecule has 0 spiro atoms. The fourth-order valence-electron chi connectivity index (χ4n) is 8.62. The number of likely N-dealkylation sites (N-methyl/N-ethyl adjacent to an activating group) is 1. The highest BCUT2D eigenvalue weighted by Gasteiger charge is 2.53. The molecule has 2 N–H and O–H groups in total. The monoisotopic (exact) mass is 834 g/mol. The summed E-state index contributed by atoms with van der Waals surface area (Å²) >= 11 is 0. The number of Topliss-reactive ketones (excluding diaryl/α,β-unsaturated/α-hetero) is 1. The van der Waals surface area contributed by atoms with Crippen molar-refractivity contribution in [3.05, 3.63) is 47.0 Å². The van der Waals surface area contributed by atoms with Gasteiger partial charge in [-0.3, -0.25) is 14.4 Å². The third-order valence-electron chi connectivity index (χ3n) is 11.9. The first-order valence-corrected chi connectivity index (χ1v) is 20.2. The summed E-state index contributed by atoms with van der Waals surface area (Å²) in [5.41, 5.74) is -3.00. The summed E-state index contributed by atoms with van der Waals surface area (Å²) in [6, 6.07) is 4.06. The molecule has 3 heterocycles. The van der Waals surface area contributed by atoms with Gasteiger partial charge in [0.05, 0.1) is 42.7 Å². The molecule has 2 bridgehead atoms. The van der Waals surface area contributed by atoms with Gasteiger partial charge in [0.1, 0.15) is 23.7 Å². The third-order valence-corrected chi connectivity index (χ3v) is 11.9. The lowest BCUT2D eigenvalue weighted by atomic mass is 9.73. The second kappa shape index (κ2) is 19.5. The highest BCUT2D eigenvalue weighted by Crippen LogP contribution is 2.40. The van der Waals surface area contributed by atoms with E-state index in [-0.39, 0.29) is 38.2 Å². The number of amides is 1. The van der Waals surface area contributed by atoms with Crippen LogP contribution in [-0.4, -0.2) is 120 Å². The topological polar surface area (TPSA) is 153 Å². The van der Waals surface area contributed by atoms with Crippen molar-refractivity contribution in [1.29, 1.82) is 0 Å². The van der Waals surface area contributed by atoms with Gasteiger partial charge in [-0.1, -0.05) is 39.5 Å². The highest BCUT2D eigenvalue weighted by atomic mass is 19.4. The number of aliphatic imine (C=N–C) groups is 1. The van der Waals surface area contributed by atoms with Crippen molar-refractivity contribution in [2.75, 3.05) is 27.3 Å². The van der Waals surface area contributed by atoms with Gasteiger partial charge >= 0.3 is 12.1 Å². The number of rotatable bonds is 4. The van der Waals surface area contributed by atoms with Crippen molar-refractivity contribution in [2.24, 2.45) is 28.7 Å². The minimum absolute atomic E-state index is 0.0939. The fourth-order valence-corrected chi connectivity index (χ4v) is 8.62. The summed E-state index contributed by atoms with van der Waals surface area (Å²) in [5, 5.41) is 24.0. The molecule has 13 atom stereocenters. The number of aliphatic hydroxyl groups is 2. The van der Waals surface area contributed by atoms with E-state index in [9.17, 15) is 37.8 Å². The molecule has 0 saturated carbocycles. The van der Waals surface area contributed by atoms with Gasteiger partial charge in [0, 0.05) is 36.1 Å². The molecule has 0 radical (unpaired) electrons. The summed E-state index contributed by atoms with van der Waals surface area (Å²) in [6.07, 6.45) is -8.46. The average molecular weight is 835 g/mol. The molecule has 3 aliphatic rings. The Balaban J connectivity index is 1.96. The van der Waals surface area contributed by atoms with Crippen LogP contribution in [0.25, 0.3) is 0 Å². The van der Waals surface area contributed by atoms with Gasteiger partial charge in [-0.2, -0.15) is 13.2 Å². The van der Waals surface area contributed by atoms with Crippen LogP contribution < -0.4 is 0 Å². The van der Waals surface area contributed by atoms with Crippen LogP contribution in [0.2, 0.25) is 0 Å². The number of hydrogen-bond donors (Lipinski definition) is 2. The Hall–Kier alpha value is -3.49. The van der Waals surface area contributed by atoms with E-state index in [0.29, 0.717) is 23.3 Å². The fraction of sp³-hybridized carbons (Fsp3) is 0.682. The van der Waals surface area contributed by atoms with E-state index in [1.807, 2.05) is 32.8 Å². The molecule has 1 amide bonds. The molecule has 0 aliphatic carbocycles. The lowest BCUT2D eigenvalue weighted by Crippen LogP contribution is -2.60. The predicted octanol–water partition coefficient (Wildman–Crippen LogP) is 5.55. The number of carbonyl (C=O) groups excluding carboxylic acids is 3. The maximum absolute atomic E-state index is 14.5. The summed E-state index contributed by atoms with van der Waals surface area (Å²) in [4.78, 5) is 47.4. The van der Waals surface area contributed by atoms with E-state index in [0.717, 1.165) is 12.1 Å². The van der Waals surface area contributed by atoms with Crippen molar-refractivity contribution >= 4 is 23.4 Å². The Morgan fingerprint density at radius 3 is 2.29 bits per heavy atom. The first-order chi connectivity index (χ1) is 27.4. The van der Waals surface area contributed by atoms with Crippen LogP contribution in [-0.2, 0) is 44.2 Å². The Morgan fingerprint density at radius 2 is 1.71 bits per heavy atom. The number of halogens is 3. The van der Waals surface area contributed by atoms with Crippen molar-refractivity contribution in [1.82, 2.24) is 4.90 Å². The largest absolute Gasteiger partial charge is 0.459 e. The standard InChI is InChI=1S/C44H61F3N2O10/c1-12-34-43(9,54)39-26(4)35(48-29(7)50)24(2)21-42(8,56-23-31(22-55-39)15-13-14-30-16-18-32(19-17-30)44(45,46)47)38(27(5)36(51)28(6)40(53)58-34)59-41-37(52)33(49(10)11)20-25(3)57-41/h15-19,24-28,33-34,37-39,41,52,54H,12,20-23H2,1-11H3/b31-15-,48-35?/t24?,25-,26?,27+,28-,33+,34-,37?,38?,39?,41+,42-,43-/m1/s1. The third kappa shape index (κ3) is 11.5. The van der Waals surface area contributed by atoms with E-state index in [4.69, 9.17) is 23.7 Å². The maximum atomic E-state index is 14.5. The molecular weight excluding hydrogens is 773 g/mol. The van der Waals surface area contributed by atoms with Crippen molar-refractivity contribution in [2.45, 2.75) is 142 Å². The lowest BCUT2D eigenvalue weighted by Gasteiger charge is -2.47. The van der Waals surface area contributed by atoms with Crippen LogP contribution >= 0.6 is 0 Å². The first kappa shape index (κ1) is 48.2. The van der Waals surface area contributed by atoms with Crippen LogP contribution in [0, 0.1) is 35.5 Å². The van der Waals surface area contributed by atoms with E-state index >= 15 is 0 Å². The van der Waals surface area contributed by atoms with E-state index in [1.165, 1.54) is 39.0 Å². The van der Waals surface area contributed by atoms with Gasteiger partial charge in [-0.25, -0.2) is 4.99 Å². The number of esters is 1. The SMILES string of the molecule is CC[C@H]1OC(=O)[C@H](C)C(=O)[C@H](C)C(O[C@@H]2O[C@H](C)C[C@H](N(C)C)C2O)[C@@]2(C)CC(C)C(=NC(C)=O)C(C)C(OC/C(=C/C#Cc3ccc(C(F)(F)F)cc3)CO2)[C@]1(C)O. The molecule has 4 rings (SSSR count). The number of cyclic esters (lactones) is 1. The number of ether oxygens (including phenoxy) is 5. The van der Waals surface area contributed by atoms with Crippen LogP contribution in [0.15, 0.2) is 40.9 Å². The van der Waals surface area contributed by atoms with E-state index in [1.54, 1.807) is 27.7 Å². The number of carbonyl (C=O) groups is 3. The smallest absolute Gasteiger partial charge is 0.416 e. The summed E-state index contributed by atoms with van der Waals surface area (Å²) in [7, 11) is 3.67. The molecule has 1 aromatic carbocycles. The number of allylic oxidation sites excluding steroid dienone is 1. The van der Waals surface area contributed by atoms with Crippen molar-refractivity contribution < 1.29 is 61.5 Å². The number of benzene rings is 1. The minimum atomic E-state index is -4.50. The van der Waals surface area contributed by atoms with Crippen molar-refractivity contribution in [3.8, 4) is 11.8 Å². The van der Waals surface area contributed by atoms with E-state index < -0.39 is 95.0 Å². The van der Waals surface area contributed by atoms with Crippen molar-refractivity contribution in [3.63, 3.8) is 0 Å². The van der Waals surface area contributed by atoms with Gasteiger partial charge in [0.2, 0.25) is 5.91 Å². The number of ketones is 1. The molecule has 12 nitrogen and oxygen atoms in total. The number of aliphatic hydroxyl groups excluding tert-OH is 1. The summed E-state index contributed by atoms with van der Waals surface area (Å²) in [6.45, 7) is 14.4. The molecule has 0 aromatic heterocycles. The van der Waals surface area contributed by atoms with Gasteiger partial charge in [0.25, 0.3) is 0 Å². The molecule has 59 heavy (non-hydrogen) atoms. The normalized spacial score (nSPS) is 38.2. The van der Waals surface area contributed by atoms with Gasteiger partial charge in [0.15, 0.2) is 12.1 Å². The minimum Gasteiger partial charge on any atom is -0.459 e. The first-order valence-electron chi connectivity index (χ1n) is 20.2. The van der Waals surface area contributed by atoms with Gasteiger partial charge in [-0.05, 0) is 103 Å². The molecule has 3 saturated heterocycles. The Kier molecular flexibility index (Phi) is 15.9. The van der Waals surface area contributed by atoms with Crippen LogP contribution in [0.1, 0.15) is 92.7 Å². The van der Waals surface area contributed by atoms with Gasteiger partial charge in [-0.15, -0.1) is 0 Å². The van der Waals surface area contributed by atoms with Crippen LogP contribution in [0.5, 0.6) is 0 Å². The zero-order chi connectivity index (χ0) is 44.2. The second-order valence-electron chi connectivity index (χ2n) is 17.0. The molecule has 1 aromatic rings. The average Bonchev–Trinajstić information content (AvgIpc) is 3.17. The zero-order valence-electron chi connectivity index (χ0n) is 36.0.